The minimum atomic E-state index is -3.49. The standard InChI is InChI=1S/C23H30N2O3S/c1-4-19-7-9-20(10-8-19)17-24(3)23(26)21-13-15-25(16-14-21)29(27,28)22-11-5-18(2)6-12-22/h5-12,21H,4,13-17H2,1-3H3. The topological polar surface area (TPSA) is 57.7 Å². The quantitative estimate of drug-likeness (QED) is 0.725. The summed E-state index contributed by atoms with van der Waals surface area (Å²) < 4.78 is 27.2. The highest BCUT2D eigenvalue weighted by Gasteiger charge is 2.33. The van der Waals surface area contributed by atoms with E-state index in [2.05, 4.69) is 31.2 Å². The fourth-order valence-electron chi connectivity index (χ4n) is 3.75. The molecule has 1 fully saturated rings. The molecule has 1 heterocycles. The Morgan fingerprint density at radius 1 is 1.00 bits per heavy atom. The zero-order valence-electron chi connectivity index (χ0n) is 17.5. The lowest BCUT2D eigenvalue weighted by molar-refractivity contribution is -0.135. The van der Waals surface area contributed by atoms with E-state index >= 15 is 0 Å². The summed E-state index contributed by atoms with van der Waals surface area (Å²) in [5.41, 5.74) is 3.42. The number of aryl methyl sites for hydroxylation is 2. The van der Waals surface area contributed by atoms with E-state index < -0.39 is 10.0 Å². The van der Waals surface area contributed by atoms with Crippen LogP contribution >= 0.6 is 0 Å². The van der Waals surface area contributed by atoms with Crippen LogP contribution in [0.2, 0.25) is 0 Å². The third kappa shape index (κ3) is 5.06. The Hall–Kier alpha value is -2.18. The number of hydrogen-bond donors (Lipinski definition) is 0. The first-order valence-corrected chi connectivity index (χ1v) is 11.6. The van der Waals surface area contributed by atoms with Gasteiger partial charge in [0, 0.05) is 32.6 Å². The number of sulfonamides is 1. The normalized spacial score (nSPS) is 16.0. The molecular weight excluding hydrogens is 384 g/mol. The van der Waals surface area contributed by atoms with Crippen LogP contribution in [0.25, 0.3) is 0 Å². The number of carbonyl (C=O) groups is 1. The Labute approximate surface area is 174 Å². The third-order valence-corrected chi connectivity index (χ3v) is 7.60. The highest BCUT2D eigenvalue weighted by Crippen LogP contribution is 2.25. The molecule has 0 radical (unpaired) electrons. The SMILES string of the molecule is CCc1ccc(CN(C)C(=O)C2CCN(S(=O)(=O)c3ccc(C)cc3)CC2)cc1. The molecular formula is C23H30N2O3S. The van der Waals surface area contributed by atoms with Gasteiger partial charge in [0.1, 0.15) is 0 Å². The van der Waals surface area contributed by atoms with Crippen molar-refractivity contribution in [3.05, 3.63) is 65.2 Å². The second kappa shape index (κ2) is 9.09. The van der Waals surface area contributed by atoms with Crippen molar-refractivity contribution in [3.8, 4) is 0 Å². The number of hydrogen-bond acceptors (Lipinski definition) is 3. The zero-order valence-corrected chi connectivity index (χ0v) is 18.3. The smallest absolute Gasteiger partial charge is 0.243 e. The van der Waals surface area contributed by atoms with Crippen molar-refractivity contribution in [2.24, 2.45) is 5.92 Å². The van der Waals surface area contributed by atoms with Crippen LogP contribution in [0.15, 0.2) is 53.4 Å². The van der Waals surface area contributed by atoms with Crippen LogP contribution in [0, 0.1) is 12.8 Å². The summed E-state index contributed by atoms with van der Waals surface area (Å²) in [4.78, 5) is 14.9. The number of rotatable bonds is 6. The van der Waals surface area contributed by atoms with E-state index in [9.17, 15) is 13.2 Å². The molecule has 5 nitrogen and oxygen atoms in total. The Balaban J connectivity index is 1.57. The van der Waals surface area contributed by atoms with Gasteiger partial charge < -0.3 is 4.90 Å². The molecule has 0 saturated carbocycles. The molecule has 156 valence electrons. The van der Waals surface area contributed by atoms with Gasteiger partial charge in [0.2, 0.25) is 15.9 Å². The van der Waals surface area contributed by atoms with Crippen LogP contribution in [0.5, 0.6) is 0 Å². The molecule has 1 aliphatic rings. The van der Waals surface area contributed by atoms with Crippen LogP contribution in [0.1, 0.15) is 36.5 Å². The minimum absolute atomic E-state index is 0.0944. The molecule has 0 spiro atoms. The lowest BCUT2D eigenvalue weighted by atomic mass is 9.96. The van der Waals surface area contributed by atoms with E-state index in [-0.39, 0.29) is 11.8 Å². The minimum Gasteiger partial charge on any atom is -0.341 e. The molecule has 1 amide bonds. The second-order valence-electron chi connectivity index (χ2n) is 7.86. The van der Waals surface area contributed by atoms with Crippen molar-refractivity contribution in [1.82, 2.24) is 9.21 Å². The van der Waals surface area contributed by atoms with Gasteiger partial charge in [-0.15, -0.1) is 0 Å². The van der Waals surface area contributed by atoms with Crippen LogP contribution in [0.4, 0.5) is 0 Å². The van der Waals surface area contributed by atoms with Crippen molar-refractivity contribution in [1.29, 1.82) is 0 Å². The summed E-state index contributed by atoms with van der Waals surface area (Å²) >= 11 is 0. The summed E-state index contributed by atoms with van der Waals surface area (Å²) in [7, 11) is -1.67. The first kappa shape index (κ1) is 21.5. The Bertz CT molecular complexity index is 929. The van der Waals surface area contributed by atoms with Crippen LogP contribution in [-0.2, 0) is 27.8 Å². The molecule has 0 N–H and O–H groups in total. The van der Waals surface area contributed by atoms with Gasteiger partial charge >= 0.3 is 0 Å². The molecule has 1 aliphatic heterocycles. The van der Waals surface area contributed by atoms with Crippen LogP contribution in [0.3, 0.4) is 0 Å². The number of piperidine rings is 1. The molecule has 3 rings (SSSR count). The first-order chi connectivity index (χ1) is 13.8. The van der Waals surface area contributed by atoms with Crippen molar-refractivity contribution < 1.29 is 13.2 Å². The predicted molar refractivity (Wildman–Crippen MR) is 115 cm³/mol. The lowest BCUT2D eigenvalue weighted by Gasteiger charge is -2.32. The molecule has 0 atom stereocenters. The maximum Gasteiger partial charge on any atom is 0.243 e. The van der Waals surface area contributed by atoms with E-state index in [0.29, 0.717) is 37.4 Å². The summed E-state index contributed by atoms with van der Waals surface area (Å²) in [6.45, 7) is 5.39. The molecule has 0 aromatic heterocycles. The van der Waals surface area contributed by atoms with Crippen molar-refractivity contribution >= 4 is 15.9 Å². The Morgan fingerprint density at radius 2 is 1.55 bits per heavy atom. The van der Waals surface area contributed by atoms with E-state index in [1.54, 1.807) is 17.0 Å². The van der Waals surface area contributed by atoms with Gasteiger partial charge in [-0.05, 0) is 49.4 Å². The monoisotopic (exact) mass is 414 g/mol. The maximum absolute atomic E-state index is 12.8. The number of amides is 1. The van der Waals surface area contributed by atoms with E-state index in [1.165, 1.54) is 9.87 Å². The van der Waals surface area contributed by atoms with Crippen LogP contribution in [-0.4, -0.2) is 43.7 Å². The van der Waals surface area contributed by atoms with Gasteiger partial charge in [0.15, 0.2) is 0 Å². The fourth-order valence-corrected chi connectivity index (χ4v) is 5.22. The van der Waals surface area contributed by atoms with Gasteiger partial charge in [-0.3, -0.25) is 4.79 Å². The molecule has 2 aromatic rings. The molecule has 0 unspecified atom stereocenters. The molecule has 1 saturated heterocycles. The average molecular weight is 415 g/mol. The van der Waals surface area contributed by atoms with Gasteiger partial charge in [0.05, 0.1) is 4.90 Å². The highest BCUT2D eigenvalue weighted by molar-refractivity contribution is 7.89. The van der Waals surface area contributed by atoms with Gasteiger partial charge in [-0.2, -0.15) is 4.31 Å². The maximum atomic E-state index is 12.8. The van der Waals surface area contributed by atoms with E-state index in [4.69, 9.17) is 0 Å². The van der Waals surface area contributed by atoms with Gasteiger partial charge in [-0.1, -0.05) is 48.9 Å². The number of benzene rings is 2. The molecule has 0 aliphatic carbocycles. The number of carbonyl (C=O) groups excluding carboxylic acids is 1. The average Bonchev–Trinajstić information content (AvgIpc) is 2.74. The Kier molecular flexibility index (Phi) is 6.75. The highest BCUT2D eigenvalue weighted by atomic mass is 32.2. The van der Waals surface area contributed by atoms with E-state index in [1.807, 2.05) is 26.1 Å². The molecule has 2 aromatic carbocycles. The third-order valence-electron chi connectivity index (χ3n) is 5.69. The molecule has 0 bridgehead atoms. The number of nitrogens with zero attached hydrogens (tertiary/aromatic N) is 2. The molecule has 29 heavy (non-hydrogen) atoms. The van der Waals surface area contributed by atoms with Crippen molar-refractivity contribution in [2.45, 2.75) is 44.6 Å². The molecule has 6 heteroatoms. The second-order valence-corrected chi connectivity index (χ2v) is 9.79. The lowest BCUT2D eigenvalue weighted by Crippen LogP contribution is -2.43. The zero-order chi connectivity index (χ0) is 21.0. The fraction of sp³-hybridized carbons (Fsp3) is 0.435. The largest absolute Gasteiger partial charge is 0.341 e. The van der Waals surface area contributed by atoms with E-state index in [0.717, 1.165) is 17.5 Å². The van der Waals surface area contributed by atoms with Gasteiger partial charge in [-0.25, -0.2) is 8.42 Å². The summed E-state index contributed by atoms with van der Waals surface area (Å²) in [5.74, 6) is -0.0312. The first-order valence-electron chi connectivity index (χ1n) is 10.2. The summed E-state index contributed by atoms with van der Waals surface area (Å²) in [5, 5.41) is 0. The van der Waals surface area contributed by atoms with Crippen molar-refractivity contribution in [3.63, 3.8) is 0 Å². The summed E-state index contributed by atoms with van der Waals surface area (Å²) in [6, 6.07) is 15.3. The van der Waals surface area contributed by atoms with Gasteiger partial charge in [0.25, 0.3) is 0 Å². The predicted octanol–water partition coefficient (Wildman–Crippen LogP) is 3.62. The summed E-state index contributed by atoms with van der Waals surface area (Å²) in [6.07, 6.45) is 2.12. The van der Waals surface area contributed by atoms with Crippen molar-refractivity contribution in [2.75, 3.05) is 20.1 Å². The Morgan fingerprint density at radius 3 is 2.10 bits per heavy atom. The van der Waals surface area contributed by atoms with Crippen LogP contribution < -0.4 is 0 Å².